The number of hydrogen-bond donors (Lipinski definition) is 1. The molecule has 6 heteroatoms. The first kappa shape index (κ1) is 12.1. The zero-order chi connectivity index (χ0) is 11.5. The minimum Gasteiger partial charge on any atom is -0.367 e. The van der Waals surface area contributed by atoms with Crippen LogP contribution in [0.3, 0.4) is 0 Å². The van der Waals surface area contributed by atoms with Crippen LogP contribution in [0.5, 0.6) is 0 Å². The summed E-state index contributed by atoms with van der Waals surface area (Å²) in [6, 6.07) is 0. The largest absolute Gasteiger partial charge is 0.367 e. The van der Waals surface area contributed by atoms with Gasteiger partial charge in [0.1, 0.15) is 5.82 Å². The van der Waals surface area contributed by atoms with Crippen molar-refractivity contribution in [3.8, 4) is 0 Å². The van der Waals surface area contributed by atoms with Crippen molar-refractivity contribution in [3.05, 3.63) is 11.5 Å². The summed E-state index contributed by atoms with van der Waals surface area (Å²) < 4.78 is 0. The lowest BCUT2D eigenvalue weighted by atomic mass is 10.0. The highest BCUT2D eigenvalue weighted by atomic mass is 35.5. The van der Waals surface area contributed by atoms with Gasteiger partial charge in [0.15, 0.2) is 0 Å². The Morgan fingerprint density at radius 2 is 2.13 bits per heavy atom. The van der Waals surface area contributed by atoms with Gasteiger partial charge in [0, 0.05) is 12.1 Å². The van der Waals surface area contributed by atoms with Crippen LogP contribution in [0.4, 0.5) is 5.82 Å². The number of aromatic nitrogens is 3. The summed E-state index contributed by atoms with van der Waals surface area (Å²) in [5, 5.41) is 10.6. The fraction of sp³-hybridized carbons (Fsp3) is 0.667. The van der Waals surface area contributed by atoms with E-state index in [4.69, 9.17) is 11.6 Å². The number of halogens is 1. The second kappa shape index (κ2) is 4.72. The van der Waals surface area contributed by atoms with Crippen molar-refractivity contribution in [1.29, 1.82) is 0 Å². The summed E-state index contributed by atoms with van der Waals surface area (Å²) >= 11 is 5.62. The van der Waals surface area contributed by atoms with E-state index in [-0.39, 0.29) is 10.8 Å². The Bertz CT molecular complexity index is 326. The molecule has 1 aromatic rings. The van der Waals surface area contributed by atoms with Crippen LogP contribution in [-0.2, 0) is 0 Å². The third-order valence-electron chi connectivity index (χ3n) is 2.45. The molecule has 0 aliphatic rings. The number of nitrogens with one attached hydrogen (secondary N) is 1. The molecule has 0 radical (unpaired) electrons. The van der Waals surface area contributed by atoms with E-state index in [2.05, 4.69) is 39.2 Å². The van der Waals surface area contributed by atoms with Crippen molar-refractivity contribution in [2.45, 2.75) is 19.4 Å². The normalized spacial score (nSPS) is 11.9. The molecule has 0 atom stereocenters. The van der Waals surface area contributed by atoms with Crippen molar-refractivity contribution >= 4 is 17.4 Å². The lowest BCUT2D eigenvalue weighted by Crippen LogP contribution is -2.44. The molecular formula is C9H16ClN5. The van der Waals surface area contributed by atoms with Gasteiger partial charge in [-0.05, 0) is 39.5 Å². The van der Waals surface area contributed by atoms with E-state index in [1.807, 2.05) is 14.1 Å². The van der Waals surface area contributed by atoms with E-state index in [1.54, 1.807) is 6.20 Å². The zero-order valence-corrected chi connectivity index (χ0v) is 10.2. The maximum atomic E-state index is 5.62. The van der Waals surface area contributed by atoms with Gasteiger partial charge >= 0.3 is 0 Å². The third kappa shape index (κ3) is 3.60. The SMILES string of the molecule is CN(C)C(C)(C)CNc1cnnc(Cl)n1. The van der Waals surface area contributed by atoms with E-state index in [0.29, 0.717) is 5.82 Å². The zero-order valence-electron chi connectivity index (χ0n) is 9.45. The van der Waals surface area contributed by atoms with Crippen LogP contribution >= 0.6 is 11.6 Å². The van der Waals surface area contributed by atoms with Crippen LogP contribution in [0.2, 0.25) is 5.28 Å². The second-order valence-corrected chi connectivity index (χ2v) is 4.51. The summed E-state index contributed by atoms with van der Waals surface area (Å²) in [4.78, 5) is 6.13. The Morgan fingerprint density at radius 3 is 2.67 bits per heavy atom. The molecule has 1 rings (SSSR count). The van der Waals surface area contributed by atoms with Gasteiger partial charge in [0.2, 0.25) is 5.28 Å². The molecule has 1 heterocycles. The molecule has 0 amide bonds. The molecule has 0 bridgehead atoms. The van der Waals surface area contributed by atoms with Gasteiger partial charge in [-0.3, -0.25) is 0 Å². The molecule has 0 aliphatic heterocycles. The predicted molar refractivity (Wildman–Crippen MR) is 61.1 cm³/mol. The molecule has 0 spiro atoms. The Balaban J connectivity index is 2.57. The average molecular weight is 230 g/mol. The van der Waals surface area contributed by atoms with Gasteiger partial charge in [-0.15, -0.1) is 5.10 Å². The lowest BCUT2D eigenvalue weighted by Gasteiger charge is -2.32. The fourth-order valence-electron chi connectivity index (χ4n) is 0.832. The number of nitrogens with zero attached hydrogens (tertiary/aromatic N) is 4. The minimum atomic E-state index is 0.0391. The van der Waals surface area contributed by atoms with Crippen LogP contribution in [0, 0.1) is 0 Å². The first-order chi connectivity index (χ1) is 6.92. The molecule has 84 valence electrons. The third-order valence-corrected chi connectivity index (χ3v) is 2.61. The highest BCUT2D eigenvalue weighted by Crippen LogP contribution is 2.11. The average Bonchev–Trinajstić information content (AvgIpc) is 2.15. The fourth-order valence-corrected chi connectivity index (χ4v) is 0.967. The van der Waals surface area contributed by atoms with Crippen LogP contribution in [0.1, 0.15) is 13.8 Å². The van der Waals surface area contributed by atoms with Crippen molar-refractivity contribution < 1.29 is 0 Å². The van der Waals surface area contributed by atoms with Crippen molar-refractivity contribution in [3.63, 3.8) is 0 Å². The van der Waals surface area contributed by atoms with Crippen LogP contribution < -0.4 is 5.32 Å². The van der Waals surface area contributed by atoms with E-state index in [1.165, 1.54) is 0 Å². The van der Waals surface area contributed by atoms with Crippen LogP contribution in [0.15, 0.2) is 6.20 Å². The van der Waals surface area contributed by atoms with Crippen LogP contribution in [0.25, 0.3) is 0 Å². The van der Waals surface area contributed by atoms with E-state index >= 15 is 0 Å². The van der Waals surface area contributed by atoms with Crippen molar-refractivity contribution in [2.75, 3.05) is 26.0 Å². The Morgan fingerprint density at radius 1 is 1.47 bits per heavy atom. The minimum absolute atomic E-state index is 0.0391. The topological polar surface area (TPSA) is 53.9 Å². The standard InChI is InChI=1S/C9H16ClN5/c1-9(2,15(3)4)6-11-7-5-12-14-8(10)13-7/h5H,6H2,1-4H3,(H,11,13,14). The monoisotopic (exact) mass is 229 g/mol. The number of hydrogen-bond acceptors (Lipinski definition) is 5. The lowest BCUT2D eigenvalue weighted by molar-refractivity contribution is 0.210. The Kier molecular flexibility index (Phi) is 3.82. The Hall–Kier alpha value is -0.940. The molecule has 15 heavy (non-hydrogen) atoms. The Labute approximate surface area is 94.9 Å². The van der Waals surface area contributed by atoms with Crippen molar-refractivity contribution in [1.82, 2.24) is 20.1 Å². The number of rotatable bonds is 4. The highest BCUT2D eigenvalue weighted by molar-refractivity contribution is 6.28. The van der Waals surface area contributed by atoms with Gasteiger partial charge in [0.25, 0.3) is 0 Å². The van der Waals surface area contributed by atoms with Crippen LogP contribution in [-0.4, -0.2) is 46.3 Å². The first-order valence-corrected chi connectivity index (χ1v) is 5.06. The molecule has 1 N–H and O–H groups in total. The smallest absolute Gasteiger partial charge is 0.244 e. The van der Waals surface area contributed by atoms with E-state index in [0.717, 1.165) is 6.54 Å². The summed E-state index contributed by atoms with van der Waals surface area (Å²) in [6.07, 6.45) is 1.55. The predicted octanol–water partition coefficient (Wildman–Crippen LogP) is 1.28. The van der Waals surface area contributed by atoms with Gasteiger partial charge in [-0.2, -0.15) is 10.1 Å². The van der Waals surface area contributed by atoms with Gasteiger partial charge < -0.3 is 10.2 Å². The molecule has 0 aliphatic carbocycles. The molecule has 0 aromatic carbocycles. The van der Waals surface area contributed by atoms with Crippen molar-refractivity contribution in [2.24, 2.45) is 0 Å². The number of anilines is 1. The highest BCUT2D eigenvalue weighted by Gasteiger charge is 2.20. The quantitative estimate of drug-likeness (QED) is 0.843. The molecule has 0 saturated heterocycles. The maximum absolute atomic E-state index is 5.62. The maximum Gasteiger partial charge on any atom is 0.244 e. The molecule has 1 aromatic heterocycles. The number of likely N-dealkylation sites (N-methyl/N-ethyl adjacent to an activating group) is 1. The molecule has 0 saturated carbocycles. The van der Waals surface area contributed by atoms with Gasteiger partial charge in [0.05, 0.1) is 6.20 Å². The van der Waals surface area contributed by atoms with Gasteiger partial charge in [-0.1, -0.05) is 0 Å². The summed E-state index contributed by atoms with van der Waals surface area (Å²) in [7, 11) is 4.07. The van der Waals surface area contributed by atoms with E-state index < -0.39 is 0 Å². The second-order valence-electron chi connectivity index (χ2n) is 4.17. The molecule has 5 nitrogen and oxygen atoms in total. The molecule has 0 fully saturated rings. The summed E-state index contributed by atoms with van der Waals surface area (Å²) in [5.74, 6) is 0.643. The summed E-state index contributed by atoms with van der Waals surface area (Å²) in [5.41, 5.74) is 0.0391. The van der Waals surface area contributed by atoms with E-state index in [9.17, 15) is 0 Å². The van der Waals surface area contributed by atoms with Gasteiger partial charge in [-0.25, -0.2) is 0 Å². The molecular weight excluding hydrogens is 214 g/mol. The summed E-state index contributed by atoms with van der Waals surface area (Å²) in [6.45, 7) is 5.03. The first-order valence-electron chi connectivity index (χ1n) is 4.68. The molecule has 0 unspecified atom stereocenters.